The Morgan fingerprint density at radius 2 is 2.42 bits per heavy atom. The van der Waals surface area contributed by atoms with Crippen LogP contribution < -0.4 is 5.32 Å². The van der Waals surface area contributed by atoms with Crippen molar-refractivity contribution in [3.63, 3.8) is 0 Å². The van der Waals surface area contributed by atoms with Crippen LogP contribution in [0.5, 0.6) is 0 Å². The second-order valence-corrected chi connectivity index (χ2v) is 4.81. The van der Waals surface area contributed by atoms with E-state index in [4.69, 9.17) is 0 Å². The number of imidazole rings is 1. The van der Waals surface area contributed by atoms with Crippen LogP contribution in [0.2, 0.25) is 0 Å². The summed E-state index contributed by atoms with van der Waals surface area (Å²) in [4.78, 5) is 32.1. The van der Waals surface area contributed by atoms with E-state index in [0.29, 0.717) is 6.54 Å². The van der Waals surface area contributed by atoms with Gasteiger partial charge in [0.05, 0.1) is 24.3 Å². The molecule has 2 atom stereocenters. The van der Waals surface area contributed by atoms with Gasteiger partial charge in [0.25, 0.3) is 0 Å². The van der Waals surface area contributed by atoms with Gasteiger partial charge in [0.15, 0.2) is 0 Å². The molecule has 104 valence electrons. The first kappa shape index (κ1) is 13.5. The maximum atomic E-state index is 12.3. The molecule has 1 aliphatic rings. The number of carbonyl (C=O) groups excluding carboxylic acids is 1. The van der Waals surface area contributed by atoms with Gasteiger partial charge in [0.1, 0.15) is 6.04 Å². The Labute approximate surface area is 111 Å². The van der Waals surface area contributed by atoms with E-state index in [1.807, 2.05) is 0 Å². The number of hydrogen-bond acceptors (Lipinski definition) is 4. The SMILES string of the molecule is CNCC(C)C(=O)N1Cc2[nH]cnc2CC1C(=O)O. The molecule has 1 amide bonds. The van der Waals surface area contributed by atoms with Gasteiger partial charge in [-0.05, 0) is 7.05 Å². The largest absolute Gasteiger partial charge is 0.480 e. The smallest absolute Gasteiger partial charge is 0.326 e. The first-order valence-corrected chi connectivity index (χ1v) is 6.23. The van der Waals surface area contributed by atoms with Crippen molar-refractivity contribution in [2.75, 3.05) is 13.6 Å². The highest BCUT2D eigenvalue weighted by Gasteiger charge is 2.37. The number of aromatic amines is 1. The summed E-state index contributed by atoms with van der Waals surface area (Å²) >= 11 is 0. The van der Waals surface area contributed by atoms with Crippen LogP contribution >= 0.6 is 0 Å². The molecule has 7 nitrogen and oxygen atoms in total. The van der Waals surface area contributed by atoms with Gasteiger partial charge in [-0.15, -0.1) is 0 Å². The van der Waals surface area contributed by atoms with Crippen LogP contribution in [-0.2, 0) is 22.6 Å². The lowest BCUT2D eigenvalue weighted by molar-refractivity contribution is -0.153. The van der Waals surface area contributed by atoms with Crippen LogP contribution in [0, 0.1) is 5.92 Å². The van der Waals surface area contributed by atoms with Crippen molar-refractivity contribution in [1.29, 1.82) is 0 Å². The molecule has 0 bridgehead atoms. The number of carbonyl (C=O) groups is 2. The number of carboxylic acids is 1. The molecule has 0 aliphatic carbocycles. The Balaban J connectivity index is 2.22. The van der Waals surface area contributed by atoms with Crippen molar-refractivity contribution >= 4 is 11.9 Å². The number of aromatic nitrogens is 2. The number of carboxylic acid groups (broad SMARTS) is 1. The van der Waals surface area contributed by atoms with Crippen molar-refractivity contribution in [2.24, 2.45) is 5.92 Å². The molecule has 2 unspecified atom stereocenters. The van der Waals surface area contributed by atoms with Gasteiger partial charge in [-0.3, -0.25) is 4.79 Å². The van der Waals surface area contributed by atoms with E-state index in [-0.39, 0.29) is 24.8 Å². The minimum atomic E-state index is -0.987. The molecule has 3 N–H and O–H groups in total. The second-order valence-electron chi connectivity index (χ2n) is 4.81. The summed E-state index contributed by atoms with van der Waals surface area (Å²) in [6.07, 6.45) is 1.79. The van der Waals surface area contributed by atoms with Gasteiger partial charge in [-0.2, -0.15) is 0 Å². The number of fused-ring (bicyclic) bond motifs is 1. The summed E-state index contributed by atoms with van der Waals surface area (Å²) < 4.78 is 0. The molecular weight excluding hydrogens is 248 g/mol. The maximum absolute atomic E-state index is 12.3. The maximum Gasteiger partial charge on any atom is 0.326 e. The fourth-order valence-electron chi connectivity index (χ4n) is 2.36. The second kappa shape index (κ2) is 5.40. The van der Waals surface area contributed by atoms with Crippen LogP contribution in [0.15, 0.2) is 6.33 Å². The van der Waals surface area contributed by atoms with E-state index < -0.39 is 12.0 Å². The molecule has 19 heavy (non-hydrogen) atoms. The van der Waals surface area contributed by atoms with Gasteiger partial charge < -0.3 is 20.3 Å². The predicted molar refractivity (Wildman–Crippen MR) is 67.4 cm³/mol. The third-order valence-corrected chi connectivity index (χ3v) is 3.40. The Kier molecular flexibility index (Phi) is 3.84. The summed E-state index contributed by atoms with van der Waals surface area (Å²) in [5.41, 5.74) is 1.56. The highest BCUT2D eigenvalue weighted by atomic mass is 16.4. The average molecular weight is 266 g/mol. The van der Waals surface area contributed by atoms with E-state index in [0.717, 1.165) is 11.4 Å². The number of aliphatic carboxylic acids is 1. The van der Waals surface area contributed by atoms with E-state index >= 15 is 0 Å². The summed E-state index contributed by atoms with van der Waals surface area (Å²) in [6, 6.07) is -0.831. The normalized spacial score (nSPS) is 19.9. The molecule has 1 aromatic heterocycles. The predicted octanol–water partition coefficient (Wildman–Crippen LogP) is -0.397. The Morgan fingerprint density at radius 1 is 1.68 bits per heavy atom. The number of amides is 1. The zero-order chi connectivity index (χ0) is 14.0. The van der Waals surface area contributed by atoms with Crippen LogP contribution in [0.1, 0.15) is 18.3 Å². The van der Waals surface area contributed by atoms with E-state index in [9.17, 15) is 14.7 Å². The van der Waals surface area contributed by atoms with Crippen molar-refractivity contribution in [2.45, 2.75) is 25.9 Å². The van der Waals surface area contributed by atoms with Gasteiger partial charge in [-0.25, -0.2) is 9.78 Å². The fraction of sp³-hybridized carbons (Fsp3) is 0.583. The molecule has 0 aromatic carbocycles. The van der Waals surface area contributed by atoms with Gasteiger partial charge in [0, 0.05) is 18.9 Å². The molecule has 1 aliphatic heterocycles. The molecule has 0 saturated carbocycles. The molecular formula is C12H18N4O3. The highest BCUT2D eigenvalue weighted by Crippen LogP contribution is 2.22. The molecule has 0 radical (unpaired) electrons. The molecule has 0 saturated heterocycles. The lowest BCUT2D eigenvalue weighted by Gasteiger charge is -2.34. The molecule has 0 spiro atoms. The third-order valence-electron chi connectivity index (χ3n) is 3.40. The van der Waals surface area contributed by atoms with Crippen molar-refractivity contribution < 1.29 is 14.7 Å². The summed E-state index contributed by atoms with van der Waals surface area (Å²) in [6.45, 7) is 2.59. The summed E-state index contributed by atoms with van der Waals surface area (Å²) in [5.74, 6) is -1.39. The lowest BCUT2D eigenvalue weighted by atomic mass is 10.00. The zero-order valence-corrected chi connectivity index (χ0v) is 11.0. The van der Waals surface area contributed by atoms with Crippen LogP contribution in [0.3, 0.4) is 0 Å². The number of nitrogens with zero attached hydrogens (tertiary/aromatic N) is 2. The Bertz CT molecular complexity index is 485. The molecule has 1 aromatic rings. The van der Waals surface area contributed by atoms with Gasteiger partial charge >= 0.3 is 5.97 Å². The van der Waals surface area contributed by atoms with Crippen LogP contribution in [-0.4, -0.2) is 51.5 Å². The van der Waals surface area contributed by atoms with Crippen LogP contribution in [0.4, 0.5) is 0 Å². The van der Waals surface area contributed by atoms with E-state index in [1.165, 1.54) is 11.2 Å². The van der Waals surface area contributed by atoms with Crippen molar-refractivity contribution in [3.05, 3.63) is 17.7 Å². The standard InChI is InChI=1S/C12H18N4O3/c1-7(4-13-2)11(17)16-5-9-8(14-6-15-9)3-10(16)12(18)19/h6-7,10,13H,3-5H2,1-2H3,(H,14,15)(H,18,19). The van der Waals surface area contributed by atoms with E-state index in [1.54, 1.807) is 14.0 Å². The zero-order valence-electron chi connectivity index (χ0n) is 11.0. The number of hydrogen-bond donors (Lipinski definition) is 3. The summed E-state index contributed by atoms with van der Waals surface area (Å²) in [5, 5.41) is 12.2. The monoisotopic (exact) mass is 266 g/mol. The Hall–Kier alpha value is -1.89. The molecule has 2 rings (SSSR count). The lowest BCUT2D eigenvalue weighted by Crippen LogP contribution is -2.51. The highest BCUT2D eigenvalue weighted by molar-refractivity contribution is 5.85. The van der Waals surface area contributed by atoms with Crippen LogP contribution in [0.25, 0.3) is 0 Å². The number of H-pyrrole nitrogens is 1. The topological polar surface area (TPSA) is 98.3 Å². The summed E-state index contributed by atoms with van der Waals surface area (Å²) in [7, 11) is 1.77. The van der Waals surface area contributed by atoms with Crippen molar-refractivity contribution in [3.8, 4) is 0 Å². The molecule has 0 fully saturated rings. The minimum absolute atomic E-state index is 0.151. The average Bonchev–Trinajstić information content (AvgIpc) is 2.83. The molecule has 7 heteroatoms. The Morgan fingerprint density at radius 3 is 3.05 bits per heavy atom. The first-order valence-electron chi connectivity index (χ1n) is 6.23. The quantitative estimate of drug-likeness (QED) is 0.689. The number of rotatable bonds is 4. The first-order chi connectivity index (χ1) is 9.04. The van der Waals surface area contributed by atoms with Gasteiger partial charge in [-0.1, -0.05) is 6.92 Å². The minimum Gasteiger partial charge on any atom is -0.480 e. The van der Waals surface area contributed by atoms with Crippen molar-refractivity contribution in [1.82, 2.24) is 20.2 Å². The van der Waals surface area contributed by atoms with E-state index in [2.05, 4.69) is 15.3 Å². The number of nitrogens with one attached hydrogen (secondary N) is 2. The van der Waals surface area contributed by atoms with Gasteiger partial charge in [0.2, 0.25) is 5.91 Å². The third kappa shape index (κ3) is 2.60. The fourth-order valence-corrected chi connectivity index (χ4v) is 2.36. The molecule has 2 heterocycles.